The molecule has 16 heavy (non-hydrogen) atoms. The third-order valence-corrected chi connectivity index (χ3v) is 4.37. The smallest absolute Gasteiger partial charge is 0.0679 e. The molecule has 0 aromatic heterocycles. The molecule has 0 amide bonds. The highest BCUT2D eigenvalue weighted by atomic mass is 16.3. The summed E-state index contributed by atoms with van der Waals surface area (Å²) in [5.41, 5.74) is 0. The molecule has 2 rings (SSSR count). The molecule has 3 heteroatoms. The Morgan fingerprint density at radius 1 is 1.19 bits per heavy atom. The van der Waals surface area contributed by atoms with Crippen molar-refractivity contribution in [2.24, 2.45) is 11.8 Å². The number of aliphatic hydroxyl groups is 2. The van der Waals surface area contributed by atoms with Gasteiger partial charge < -0.3 is 15.1 Å². The number of β-amino-alcohol motifs (C(OH)–C–C–N with tert-alkyl or cyclic N) is 1. The quantitative estimate of drug-likeness (QED) is 0.762. The van der Waals surface area contributed by atoms with E-state index in [-0.39, 0.29) is 12.2 Å². The SMILES string of the molecule is CCC1CCC(O)C(CN2CCC(O)C2)C1. The molecule has 2 N–H and O–H groups in total. The zero-order valence-electron chi connectivity index (χ0n) is 10.3. The minimum Gasteiger partial charge on any atom is -0.393 e. The van der Waals surface area contributed by atoms with Gasteiger partial charge in [-0.25, -0.2) is 0 Å². The molecule has 1 saturated carbocycles. The van der Waals surface area contributed by atoms with Crippen molar-refractivity contribution >= 4 is 0 Å². The van der Waals surface area contributed by atoms with Crippen LogP contribution in [0, 0.1) is 11.8 Å². The Hall–Kier alpha value is -0.120. The van der Waals surface area contributed by atoms with Crippen LogP contribution in [-0.4, -0.2) is 47.0 Å². The topological polar surface area (TPSA) is 43.7 Å². The van der Waals surface area contributed by atoms with E-state index in [1.54, 1.807) is 0 Å². The molecule has 1 heterocycles. The molecule has 2 fully saturated rings. The fraction of sp³-hybridized carbons (Fsp3) is 1.00. The van der Waals surface area contributed by atoms with Gasteiger partial charge >= 0.3 is 0 Å². The normalized spacial score (nSPS) is 41.4. The van der Waals surface area contributed by atoms with Gasteiger partial charge in [-0.1, -0.05) is 13.3 Å². The third kappa shape index (κ3) is 2.96. The lowest BCUT2D eigenvalue weighted by Crippen LogP contribution is -2.38. The molecule has 0 aromatic rings. The molecule has 0 bridgehead atoms. The molecule has 1 saturated heterocycles. The highest BCUT2D eigenvalue weighted by Gasteiger charge is 2.31. The van der Waals surface area contributed by atoms with Gasteiger partial charge in [-0.3, -0.25) is 0 Å². The first-order valence-corrected chi connectivity index (χ1v) is 6.77. The molecule has 0 radical (unpaired) electrons. The molecule has 0 aromatic carbocycles. The number of likely N-dealkylation sites (tertiary alicyclic amines) is 1. The lowest BCUT2D eigenvalue weighted by atomic mass is 9.78. The van der Waals surface area contributed by atoms with E-state index < -0.39 is 0 Å². The maximum Gasteiger partial charge on any atom is 0.0679 e. The lowest BCUT2D eigenvalue weighted by Gasteiger charge is -2.35. The van der Waals surface area contributed by atoms with Crippen molar-refractivity contribution in [1.82, 2.24) is 4.90 Å². The third-order valence-electron chi connectivity index (χ3n) is 4.37. The highest BCUT2D eigenvalue weighted by Crippen LogP contribution is 2.32. The fourth-order valence-corrected chi connectivity index (χ4v) is 3.22. The van der Waals surface area contributed by atoms with Gasteiger partial charge in [0.1, 0.15) is 0 Å². The van der Waals surface area contributed by atoms with E-state index in [1.165, 1.54) is 19.3 Å². The number of hydrogen-bond donors (Lipinski definition) is 2. The van der Waals surface area contributed by atoms with Crippen molar-refractivity contribution in [2.75, 3.05) is 19.6 Å². The van der Waals surface area contributed by atoms with Crippen LogP contribution < -0.4 is 0 Å². The first-order chi connectivity index (χ1) is 7.69. The molecule has 3 nitrogen and oxygen atoms in total. The predicted octanol–water partition coefficient (Wildman–Crippen LogP) is 1.24. The molecular weight excluding hydrogens is 202 g/mol. The van der Waals surface area contributed by atoms with E-state index in [2.05, 4.69) is 11.8 Å². The Bertz CT molecular complexity index is 222. The van der Waals surface area contributed by atoms with Crippen LogP contribution in [0.3, 0.4) is 0 Å². The van der Waals surface area contributed by atoms with E-state index in [9.17, 15) is 10.2 Å². The number of aliphatic hydroxyl groups excluding tert-OH is 2. The Morgan fingerprint density at radius 2 is 2.00 bits per heavy atom. The molecule has 4 unspecified atom stereocenters. The predicted molar refractivity (Wildman–Crippen MR) is 64.2 cm³/mol. The maximum atomic E-state index is 10.0. The van der Waals surface area contributed by atoms with Crippen molar-refractivity contribution < 1.29 is 10.2 Å². The molecule has 4 atom stereocenters. The van der Waals surface area contributed by atoms with Crippen LogP contribution in [0.15, 0.2) is 0 Å². The van der Waals surface area contributed by atoms with E-state index in [1.807, 2.05) is 0 Å². The number of hydrogen-bond acceptors (Lipinski definition) is 3. The van der Waals surface area contributed by atoms with E-state index in [0.717, 1.165) is 38.4 Å². The van der Waals surface area contributed by atoms with Gasteiger partial charge in [-0.2, -0.15) is 0 Å². The molecule has 2 aliphatic rings. The van der Waals surface area contributed by atoms with Crippen LogP contribution in [0.4, 0.5) is 0 Å². The summed E-state index contributed by atoms with van der Waals surface area (Å²) in [6, 6.07) is 0. The molecule has 0 spiro atoms. The first kappa shape index (κ1) is 12.3. The maximum absolute atomic E-state index is 10.0. The average molecular weight is 227 g/mol. The van der Waals surface area contributed by atoms with Gasteiger partial charge in [-0.05, 0) is 37.5 Å². The summed E-state index contributed by atoms with van der Waals surface area (Å²) in [6.45, 7) is 5.04. The minimum atomic E-state index is -0.136. The Labute approximate surface area is 98.5 Å². The van der Waals surface area contributed by atoms with Crippen molar-refractivity contribution in [3.05, 3.63) is 0 Å². The second-order valence-electron chi connectivity index (χ2n) is 5.62. The van der Waals surface area contributed by atoms with Gasteiger partial charge in [-0.15, -0.1) is 0 Å². The highest BCUT2D eigenvalue weighted by molar-refractivity contribution is 4.84. The van der Waals surface area contributed by atoms with Crippen LogP contribution in [0.25, 0.3) is 0 Å². The molecule has 94 valence electrons. The summed E-state index contributed by atoms with van der Waals surface area (Å²) < 4.78 is 0. The summed E-state index contributed by atoms with van der Waals surface area (Å²) in [4.78, 5) is 2.32. The Morgan fingerprint density at radius 3 is 2.62 bits per heavy atom. The van der Waals surface area contributed by atoms with E-state index in [0.29, 0.717) is 5.92 Å². The summed E-state index contributed by atoms with van der Waals surface area (Å²) in [5.74, 6) is 1.24. The molecular formula is C13H25NO2. The van der Waals surface area contributed by atoms with Gasteiger partial charge in [0, 0.05) is 19.6 Å². The van der Waals surface area contributed by atoms with Crippen molar-refractivity contribution in [1.29, 1.82) is 0 Å². The average Bonchev–Trinajstić information content (AvgIpc) is 2.67. The van der Waals surface area contributed by atoms with Crippen LogP contribution >= 0.6 is 0 Å². The van der Waals surface area contributed by atoms with Crippen LogP contribution in [0.2, 0.25) is 0 Å². The largest absolute Gasteiger partial charge is 0.393 e. The van der Waals surface area contributed by atoms with Crippen molar-refractivity contribution in [3.63, 3.8) is 0 Å². The monoisotopic (exact) mass is 227 g/mol. The molecule has 1 aliphatic carbocycles. The second-order valence-corrected chi connectivity index (χ2v) is 5.62. The van der Waals surface area contributed by atoms with Crippen LogP contribution in [0.1, 0.15) is 39.0 Å². The number of rotatable bonds is 3. The summed E-state index contributed by atoms with van der Waals surface area (Å²) >= 11 is 0. The minimum absolute atomic E-state index is 0.111. The summed E-state index contributed by atoms with van der Waals surface area (Å²) in [7, 11) is 0. The van der Waals surface area contributed by atoms with Crippen molar-refractivity contribution in [3.8, 4) is 0 Å². The standard InChI is InChI=1S/C13H25NO2/c1-2-10-3-4-13(16)11(7-10)8-14-6-5-12(15)9-14/h10-13,15-16H,2-9H2,1H3. The van der Waals surface area contributed by atoms with Crippen LogP contribution in [0.5, 0.6) is 0 Å². The molecule has 1 aliphatic heterocycles. The Kier molecular flexibility index (Phi) is 4.22. The summed E-state index contributed by atoms with van der Waals surface area (Å²) in [5, 5.41) is 19.5. The second kappa shape index (κ2) is 5.48. The van der Waals surface area contributed by atoms with Crippen LogP contribution in [-0.2, 0) is 0 Å². The van der Waals surface area contributed by atoms with E-state index in [4.69, 9.17) is 0 Å². The van der Waals surface area contributed by atoms with Gasteiger partial charge in [0.15, 0.2) is 0 Å². The zero-order valence-corrected chi connectivity index (χ0v) is 10.3. The van der Waals surface area contributed by atoms with Gasteiger partial charge in [0.25, 0.3) is 0 Å². The lowest BCUT2D eigenvalue weighted by molar-refractivity contribution is 0.0285. The summed E-state index contributed by atoms with van der Waals surface area (Å²) in [6.07, 6.45) is 5.23. The fourth-order valence-electron chi connectivity index (χ4n) is 3.22. The first-order valence-electron chi connectivity index (χ1n) is 6.77. The van der Waals surface area contributed by atoms with Gasteiger partial charge in [0.2, 0.25) is 0 Å². The van der Waals surface area contributed by atoms with Gasteiger partial charge in [0.05, 0.1) is 12.2 Å². The number of nitrogens with zero attached hydrogens (tertiary/aromatic N) is 1. The Balaban J connectivity index is 1.82. The van der Waals surface area contributed by atoms with E-state index >= 15 is 0 Å². The zero-order chi connectivity index (χ0) is 11.5. The van der Waals surface area contributed by atoms with Crippen molar-refractivity contribution in [2.45, 2.75) is 51.2 Å².